The van der Waals surface area contributed by atoms with Crippen LogP contribution in [0.2, 0.25) is 0 Å². The molecule has 168 valence electrons. The molecule has 0 aromatic heterocycles. The molecule has 1 heterocycles. The molecule has 8 heteroatoms. The number of carboxylic acid groups (broad SMARTS) is 1. The molecule has 2 aromatic rings. The third-order valence-electron chi connectivity index (χ3n) is 5.88. The summed E-state index contributed by atoms with van der Waals surface area (Å²) in [5.41, 5.74) is 4.57. The summed E-state index contributed by atoms with van der Waals surface area (Å²) < 4.78 is 10.7. The van der Waals surface area contributed by atoms with Crippen molar-refractivity contribution in [1.82, 2.24) is 10.2 Å². The zero-order valence-electron chi connectivity index (χ0n) is 17.8. The molecule has 2 aliphatic rings. The van der Waals surface area contributed by atoms with Crippen LogP contribution in [0.1, 0.15) is 30.4 Å². The van der Waals surface area contributed by atoms with E-state index in [9.17, 15) is 14.4 Å². The third kappa shape index (κ3) is 4.60. The standard InChI is InChI=1S/C24H26N2O6/c1-15(12-22(27)26-10-11-31-21(13-26)23(28)29)25-24(30)32-14-20-18-8-4-2-6-16(18)17-7-3-5-9-19(17)20/h2-9,15,20-21H,10-14H2,1H3,(H,25,30)(H,28,29). The summed E-state index contributed by atoms with van der Waals surface area (Å²) >= 11 is 0. The number of hydrogen-bond donors (Lipinski definition) is 2. The van der Waals surface area contributed by atoms with Gasteiger partial charge in [0.15, 0.2) is 6.10 Å². The van der Waals surface area contributed by atoms with Crippen LogP contribution in [0.3, 0.4) is 0 Å². The summed E-state index contributed by atoms with van der Waals surface area (Å²) in [6, 6.07) is 15.7. The van der Waals surface area contributed by atoms with Crippen molar-refractivity contribution in [2.45, 2.75) is 31.4 Å². The van der Waals surface area contributed by atoms with E-state index in [4.69, 9.17) is 14.6 Å². The average Bonchev–Trinajstić information content (AvgIpc) is 3.11. The number of rotatable bonds is 6. The predicted molar refractivity (Wildman–Crippen MR) is 116 cm³/mol. The average molecular weight is 438 g/mol. The lowest BCUT2D eigenvalue weighted by Gasteiger charge is -2.31. The van der Waals surface area contributed by atoms with Crippen LogP contribution >= 0.6 is 0 Å². The van der Waals surface area contributed by atoms with E-state index in [2.05, 4.69) is 29.6 Å². The number of carbonyl (C=O) groups is 3. The van der Waals surface area contributed by atoms with E-state index in [-0.39, 0.29) is 38.0 Å². The van der Waals surface area contributed by atoms with E-state index in [1.165, 1.54) is 4.90 Å². The molecule has 32 heavy (non-hydrogen) atoms. The summed E-state index contributed by atoms with van der Waals surface area (Å²) in [7, 11) is 0. The molecular weight excluding hydrogens is 412 g/mol. The van der Waals surface area contributed by atoms with Crippen LogP contribution in [0, 0.1) is 0 Å². The molecule has 1 aliphatic carbocycles. The molecule has 2 atom stereocenters. The highest BCUT2D eigenvalue weighted by atomic mass is 16.5. The number of carboxylic acids is 1. The van der Waals surface area contributed by atoms with Gasteiger partial charge in [0.05, 0.1) is 13.2 Å². The van der Waals surface area contributed by atoms with Crippen molar-refractivity contribution in [3.8, 4) is 11.1 Å². The Balaban J connectivity index is 1.30. The zero-order chi connectivity index (χ0) is 22.7. The highest BCUT2D eigenvalue weighted by Crippen LogP contribution is 2.44. The number of ether oxygens (including phenoxy) is 2. The van der Waals surface area contributed by atoms with Crippen molar-refractivity contribution < 1.29 is 29.0 Å². The van der Waals surface area contributed by atoms with Crippen molar-refractivity contribution in [2.75, 3.05) is 26.3 Å². The highest BCUT2D eigenvalue weighted by Gasteiger charge is 2.31. The number of hydrogen-bond acceptors (Lipinski definition) is 5. The van der Waals surface area contributed by atoms with Crippen LogP contribution in [0.5, 0.6) is 0 Å². The second kappa shape index (κ2) is 9.40. The first kappa shape index (κ1) is 21.8. The van der Waals surface area contributed by atoms with E-state index in [0.717, 1.165) is 22.3 Å². The minimum absolute atomic E-state index is 0.00578. The molecule has 2 N–H and O–H groups in total. The SMILES string of the molecule is CC(CC(=O)N1CCOC(C(=O)O)C1)NC(=O)OCC1c2ccccc2-c2ccccc21. The van der Waals surface area contributed by atoms with Crippen LogP contribution in [0.25, 0.3) is 11.1 Å². The Morgan fingerprint density at radius 2 is 1.75 bits per heavy atom. The van der Waals surface area contributed by atoms with Gasteiger partial charge in [-0.15, -0.1) is 0 Å². The van der Waals surface area contributed by atoms with Gasteiger partial charge in [-0.25, -0.2) is 9.59 Å². The van der Waals surface area contributed by atoms with Gasteiger partial charge in [-0.1, -0.05) is 48.5 Å². The number of nitrogens with one attached hydrogen (secondary N) is 1. The van der Waals surface area contributed by atoms with Crippen molar-refractivity contribution >= 4 is 18.0 Å². The zero-order valence-corrected chi connectivity index (χ0v) is 17.8. The lowest BCUT2D eigenvalue weighted by Crippen LogP contribution is -2.50. The van der Waals surface area contributed by atoms with E-state index < -0.39 is 24.2 Å². The number of fused-ring (bicyclic) bond motifs is 3. The van der Waals surface area contributed by atoms with E-state index in [0.29, 0.717) is 6.54 Å². The first-order chi connectivity index (χ1) is 15.4. The number of morpholine rings is 1. The fourth-order valence-corrected chi connectivity index (χ4v) is 4.31. The maximum atomic E-state index is 12.5. The van der Waals surface area contributed by atoms with Crippen LogP contribution < -0.4 is 5.32 Å². The second-order valence-electron chi connectivity index (χ2n) is 8.11. The van der Waals surface area contributed by atoms with Crippen molar-refractivity contribution in [1.29, 1.82) is 0 Å². The van der Waals surface area contributed by atoms with Gasteiger partial charge in [0.25, 0.3) is 0 Å². The molecule has 8 nitrogen and oxygen atoms in total. The van der Waals surface area contributed by atoms with Crippen LogP contribution in [0.15, 0.2) is 48.5 Å². The Labute approximate surface area is 186 Å². The van der Waals surface area contributed by atoms with E-state index in [1.54, 1.807) is 6.92 Å². The minimum atomic E-state index is -1.09. The Bertz CT molecular complexity index is 978. The summed E-state index contributed by atoms with van der Waals surface area (Å²) in [5.74, 6) is -1.36. The first-order valence-corrected chi connectivity index (χ1v) is 10.7. The van der Waals surface area contributed by atoms with Crippen molar-refractivity contribution in [3.63, 3.8) is 0 Å². The quantitative estimate of drug-likeness (QED) is 0.718. The monoisotopic (exact) mass is 438 g/mol. The molecule has 4 rings (SSSR count). The lowest BCUT2D eigenvalue weighted by molar-refractivity contribution is -0.159. The first-order valence-electron chi connectivity index (χ1n) is 10.7. The third-order valence-corrected chi connectivity index (χ3v) is 5.88. The van der Waals surface area contributed by atoms with Crippen LogP contribution in [-0.4, -0.2) is 66.4 Å². The summed E-state index contributed by atoms with van der Waals surface area (Å²) in [5, 5.41) is 11.8. The second-order valence-corrected chi connectivity index (χ2v) is 8.11. The molecule has 1 aliphatic heterocycles. The van der Waals surface area contributed by atoms with E-state index in [1.807, 2.05) is 24.3 Å². The van der Waals surface area contributed by atoms with Gasteiger partial charge < -0.3 is 24.8 Å². The van der Waals surface area contributed by atoms with Gasteiger partial charge in [0, 0.05) is 24.9 Å². The summed E-state index contributed by atoms with van der Waals surface area (Å²) in [4.78, 5) is 37.4. The van der Waals surface area contributed by atoms with Gasteiger partial charge >= 0.3 is 12.1 Å². The summed E-state index contributed by atoms with van der Waals surface area (Å²) in [6.07, 6.45) is -1.55. The topological polar surface area (TPSA) is 105 Å². The number of carbonyl (C=O) groups excluding carboxylic acids is 2. The van der Waals surface area contributed by atoms with Crippen molar-refractivity contribution in [2.24, 2.45) is 0 Å². The van der Waals surface area contributed by atoms with Gasteiger partial charge in [0.2, 0.25) is 5.91 Å². The molecule has 0 saturated carbocycles. The summed E-state index contributed by atoms with van der Waals surface area (Å²) in [6.45, 7) is 2.43. The van der Waals surface area contributed by atoms with Gasteiger partial charge in [0.1, 0.15) is 6.61 Å². The molecule has 0 spiro atoms. The Kier molecular flexibility index (Phi) is 6.41. The van der Waals surface area contributed by atoms with Crippen LogP contribution in [-0.2, 0) is 19.1 Å². The van der Waals surface area contributed by atoms with Gasteiger partial charge in [-0.05, 0) is 29.2 Å². The molecule has 2 amide bonds. The molecule has 1 fully saturated rings. The lowest BCUT2D eigenvalue weighted by atomic mass is 9.98. The number of benzene rings is 2. The Morgan fingerprint density at radius 3 is 2.38 bits per heavy atom. The minimum Gasteiger partial charge on any atom is -0.479 e. The Morgan fingerprint density at radius 1 is 1.12 bits per heavy atom. The largest absolute Gasteiger partial charge is 0.479 e. The Hall–Kier alpha value is -3.39. The number of aliphatic carboxylic acids is 1. The fraction of sp³-hybridized carbons (Fsp3) is 0.375. The van der Waals surface area contributed by atoms with Gasteiger partial charge in [-0.2, -0.15) is 0 Å². The highest BCUT2D eigenvalue weighted by molar-refractivity contribution is 5.80. The van der Waals surface area contributed by atoms with E-state index >= 15 is 0 Å². The fourth-order valence-electron chi connectivity index (χ4n) is 4.31. The predicted octanol–water partition coefficient (Wildman–Crippen LogP) is 2.62. The molecule has 1 saturated heterocycles. The molecule has 2 aromatic carbocycles. The normalized spacial score (nSPS) is 18.4. The number of nitrogens with zero attached hydrogens (tertiary/aromatic N) is 1. The van der Waals surface area contributed by atoms with Crippen LogP contribution in [0.4, 0.5) is 4.79 Å². The molecule has 0 radical (unpaired) electrons. The number of amides is 2. The number of alkyl carbamates (subject to hydrolysis) is 1. The molecule has 2 unspecified atom stereocenters. The smallest absolute Gasteiger partial charge is 0.407 e. The molecule has 0 bridgehead atoms. The maximum Gasteiger partial charge on any atom is 0.407 e. The van der Waals surface area contributed by atoms with Gasteiger partial charge in [-0.3, -0.25) is 4.79 Å². The van der Waals surface area contributed by atoms with Crippen molar-refractivity contribution in [3.05, 3.63) is 59.7 Å². The maximum absolute atomic E-state index is 12.5. The molecular formula is C24H26N2O6.